The summed E-state index contributed by atoms with van der Waals surface area (Å²) in [6.07, 6.45) is 4.95. The minimum absolute atomic E-state index is 0.139. The van der Waals surface area contributed by atoms with Gasteiger partial charge in [0.15, 0.2) is 5.82 Å². The molecule has 0 radical (unpaired) electrons. The summed E-state index contributed by atoms with van der Waals surface area (Å²) in [5.74, 6) is 0.346. The van der Waals surface area contributed by atoms with Crippen molar-refractivity contribution in [2.45, 2.75) is 13.5 Å². The van der Waals surface area contributed by atoms with E-state index in [9.17, 15) is 4.79 Å². The first kappa shape index (κ1) is 10.4. The van der Waals surface area contributed by atoms with Crippen LogP contribution < -0.4 is 10.9 Å². The van der Waals surface area contributed by atoms with E-state index in [1.165, 1.54) is 4.57 Å². The predicted molar refractivity (Wildman–Crippen MR) is 60.1 cm³/mol. The molecule has 0 saturated heterocycles. The monoisotopic (exact) mass is 219 g/mol. The molecule has 0 unspecified atom stereocenters. The van der Waals surface area contributed by atoms with E-state index in [0.717, 1.165) is 11.3 Å². The molecule has 0 saturated carbocycles. The molecule has 2 aromatic heterocycles. The number of nitrogens with zero attached hydrogens (tertiary/aromatic N) is 3. The van der Waals surface area contributed by atoms with E-state index in [0.29, 0.717) is 12.4 Å². The van der Waals surface area contributed by atoms with Crippen LogP contribution in [0.15, 0.2) is 23.4 Å². The Kier molecular flexibility index (Phi) is 2.72. The molecule has 2 heterocycles. The zero-order chi connectivity index (χ0) is 11.5. The number of hydrogen-bond donors (Lipinski definition) is 2. The van der Waals surface area contributed by atoms with Crippen LogP contribution in [-0.4, -0.2) is 19.7 Å². The number of H-pyrrole nitrogens is 1. The molecule has 0 bridgehead atoms. The molecule has 16 heavy (non-hydrogen) atoms. The Morgan fingerprint density at radius 1 is 1.56 bits per heavy atom. The molecule has 0 amide bonds. The summed E-state index contributed by atoms with van der Waals surface area (Å²) in [5.41, 5.74) is 1.87. The van der Waals surface area contributed by atoms with Gasteiger partial charge in [-0.05, 0) is 12.5 Å². The largest absolute Gasteiger partial charge is 0.360 e. The Labute approximate surface area is 92.3 Å². The third kappa shape index (κ3) is 1.95. The van der Waals surface area contributed by atoms with Crippen molar-refractivity contribution in [3.63, 3.8) is 0 Å². The maximum absolute atomic E-state index is 11.6. The average molecular weight is 219 g/mol. The number of hydrogen-bond acceptors (Lipinski definition) is 4. The fraction of sp³-hybridized carbons (Fsp3) is 0.300. The van der Waals surface area contributed by atoms with Crippen molar-refractivity contribution in [3.05, 3.63) is 40.2 Å². The number of anilines is 1. The fourth-order valence-corrected chi connectivity index (χ4v) is 1.34. The average Bonchev–Trinajstić information content (AvgIpc) is 2.67. The molecule has 6 heteroatoms. The van der Waals surface area contributed by atoms with Crippen LogP contribution in [0, 0.1) is 6.92 Å². The number of rotatable bonds is 3. The predicted octanol–water partition coefficient (Wildman–Crippen LogP) is 0.424. The Morgan fingerprint density at radius 3 is 3.06 bits per heavy atom. The third-order valence-electron chi connectivity index (χ3n) is 2.38. The van der Waals surface area contributed by atoms with Gasteiger partial charge in [0.1, 0.15) is 0 Å². The summed E-state index contributed by atoms with van der Waals surface area (Å²) in [6, 6.07) is 0. The highest BCUT2D eigenvalue weighted by Gasteiger charge is 2.04. The first-order valence-electron chi connectivity index (χ1n) is 4.93. The van der Waals surface area contributed by atoms with Gasteiger partial charge in [0, 0.05) is 19.4 Å². The quantitative estimate of drug-likeness (QED) is 0.784. The van der Waals surface area contributed by atoms with Crippen molar-refractivity contribution < 1.29 is 0 Å². The van der Waals surface area contributed by atoms with Crippen LogP contribution in [-0.2, 0) is 13.6 Å². The molecule has 0 aromatic carbocycles. The Morgan fingerprint density at radius 2 is 2.38 bits per heavy atom. The summed E-state index contributed by atoms with van der Waals surface area (Å²) < 4.78 is 1.48. The minimum Gasteiger partial charge on any atom is -0.360 e. The summed E-state index contributed by atoms with van der Waals surface area (Å²) in [5, 5.41) is 9.75. The number of nitrogens with one attached hydrogen (secondary N) is 2. The van der Waals surface area contributed by atoms with Crippen molar-refractivity contribution in [2.24, 2.45) is 7.05 Å². The van der Waals surface area contributed by atoms with Crippen LogP contribution in [0.5, 0.6) is 0 Å². The maximum Gasteiger partial charge on any atom is 0.293 e. The summed E-state index contributed by atoms with van der Waals surface area (Å²) in [4.78, 5) is 15.6. The number of aromatic nitrogens is 4. The highest BCUT2D eigenvalue weighted by molar-refractivity contribution is 5.32. The van der Waals surface area contributed by atoms with Crippen LogP contribution in [0.4, 0.5) is 5.82 Å². The highest BCUT2D eigenvalue weighted by atomic mass is 16.1. The highest BCUT2D eigenvalue weighted by Crippen LogP contribution is 2.03. The second kappa shape index (κ2) is 4.18. The first-order chi connectivity index (χ1) is 7.68. The molecule has 2 aromatic rings. The van der Waals surface area contributed by atoms with Crippen LogP contribution in [0.1, 0.15) is 11.3 Å². The van der Waals surface area contributed by atoms with E-state index in [-0.39, 0.29) is 5.56 Å². The van der Waals surface area contributed by atoms with Gasteiger partial charge in [-0.25, -0.2) is 4.98 Å². The molecule has 0 aliphatic heterocycles. The minimum atomic E-state index is -0.139. The second-order valence-corrected chi connectivity index (χ2v) is 3.58. The van der Waals surface area contributed by atoms with Gasteiger partial charge in [-0.2, -0.15) is 5.10 Å². The number of aromatic amines is 1. The van der Waals surface area contributed by atoms with Crippen LogP contribution >= 0.6 is 0 Å². The molecule has 0 atom stereocenters. The Hall–Kier alpha value is -2.11. The van der Waals surface area contributed by atoms with Crippen molar-refractivity contribution >= 4 is 5.82 Å². The van der Waals surface area contributed by atoms with E-state index in [1.807, 2.05) is 6.92 Å². The van der Waals surface area contributed by atoms with Gasteiger partial charge in [-0.3, -0.25) is 9.89 Å². The lowest BCUT2D eigenvalue weighted by Crippen LogP contribution is -2.21. The van der Waals surface area contributed by atoms with E-state index in [4.69, 9.17) is 0 Å². The van der Waals surface area contributed by atoms with Crippen molar-refractivity contribution in [1.29, 1.82) is 0 Å². The van der Waals surface area contributed by atoms with Crippen molar-refractivity contribution in [2.75, 3.05) is 5.32 Å². The Bertz CT molecular complexity index is 542. The molecule has 6 nitrogen and oxygen atoms in total. The normalized spacial score (nSPS) is 10.4. The molecular weight excluding hydrogens is 206 g/mol. The molecule has 0 aliphatic carbocycles. The van der Waals surface area contributed by atoms with Crippen molar-refractivity contribution in [1.82, 2.24) is 19.7 Å². The van der Waals surface area contributed by atoms with Crippen LogP contribution in [0.3, 0.4) is 0 Å². The number of aryl methyl sites for hydroxylation is 2. The lowest BCUT2D eigenvalue weighted by molar-refractivity contribution is 0.836. The molecular formula is C10H13N5O. The van der Waals surface area contributed by atoms with Gasteiger partial charge >= 0.3 is 0 Å². The second-order valence-electron chi connectivity index (χ2n) is 3.58. The Balaban J connectivity index is 2.14. The topological polar surface area (TPSA) is 75.6 Å². The van der Waals surface area contributed by atoms with E-state index < -0.39 is 0 Å². The summed E-state index contributed by atoms with van der Waals surface area (Å²) in [6.45, 7) is 2.47. The van der Waals surface area contributed by atoms with Gasteiger partial charge in [-0.1, -0.05) is 0 Å². The maximum atomic E-state index is 11.6. The molecule has 0 fully saturated rings. The lowest BCUT2D eigenvalue weighted by Gasteiger charge is -2.05. The smallest absolute Gasteiger partial charge is 0.293 e. The molecule has 0 aliphatic rings. The van der Waals surface area contributed by atoms with E-state index >= 15 is 0 Å². The molecule has 2 N–H and O–H groups in total. The van der Waals surface area contributed by atoms with Crippen LogP contribution in [0.25, 0.3) is 0 Å². The van der Waals surface area contributed by atoms with Gasteiger partial charge in [0.2, 0.25) is 0 Å². The standard InChI is InChI=1S/C10H13N5O/c1-7-5-13-14-8(7)6-12-9-10(16)15(2)4-3-11-9/h3-5H,6H2,1-2H3,(H,11,12)(H,13,14). The molecule has 2 rings (SSSR count). The van der Waals surface area contributed by atoms with Gasteiger partial charge in [0.25, 0.3) is 5.56 Å². The fourth-order valence-electron chi connectivity index (χ4n) is 1.34. The van der Waals surface area contributed by atoms with E-state index in [2.05, 4.69) is 20.5 Å². The zero-order valence-electron chi connectivity index (χ0n) is 9.19. The summed E-state index contributed by atoms with van der Waals surface area (Å²) in [7, 11) is 1.69. The SMILES string of the molecule is Cc1cn[nH]c1CNc1nccn(C)c1=O. The van der Waals surface area contributed by atoms with Crippen molar-refractivity contribution in [3.8, 4) is 0 Å². The zero-order valence-corrected chi connectivity index (χ0v) is 9.19. The first-order valence-corrected chi connectivity index (χ1v) is 4.93. The van der Waals surface area contributed by atoms with E-state index in [1.54, 1.807) is 25.6 Å². The summed E-state index contributed by atoms with van der Waals surface area (Å²) >= 11 is 0. The third-order valence-corrected chi connectivity index (χ3v) is 2.38. The lowest BCUT2D eigenvalue weighted by atomic mass is 10.3. The molecule has 84 valence electrons. The van der Waals surface area contributed by atoms with Gasteiger partial charge in [0.05, 0.1) is 18.4 Å². The van der Waals surface area contributed by atoms with Gasteiger partial charge < -0.3 is 9.88 Å². The molecule has 0 spiro atoms. The van der Waals surface area contributed by atoms with Gasteiger partial charge in [-0.15, -0.1) is 0 Å². The van der Waals surface area contributed by atoms with Crippen LogP contribution in [0.2, 0.25) is 0 Å².